The Morgan fingerprint density at radius 2 is 2.30 bits per heavy atom. The average molecular weight is 316 g/mol. The lowest BCUT2D eigenvalue weighted by molar-refractivity contribution is 0.0546. The number of hydrogen-bond donors (Lipinski definition) is 1. The first-order valence-corrected chi connectivity index (χ1v) is 7.58. The van der Waals surface area contributed by atoms with Gasteiger partial charge < -0.3 is 19.0 Å². The highest BCUT2D eigenvalue weighted by atomic mass is 16.3. The van der Waals surface area contributed by atoms with Gasteiger partial charge in [-0.25, -0.2) is 4.52 Å². The van der Waals surface area contributed by atoms with E-state index in [4.69, 9.17) is 4.42 Å². The van der Waals surface area contributed by atoms with Crippen LogP contribution in [0.25, 0.3) is 5.65 Å². The molecule has 0 fully saturated rings. The summed E-state index contributed by atoms with van der Waals surface area (Å²) >= 11 is 0. The molecule has 0 spiro atoms. The molecule has 3 heterocycles. The first-order valence-electron chi connectivity index (χ1n) is 7.58. The van der Waals surface area contributed by atoms with Gasteiger partial charge in [0.15, 0.2) is 0 Å². The Morgan fingerprint density at radius 1 is 1.48 bits per heavy atom. The van der Waals surface area contributed by atoms with Crippen molar-refractivity contribution in [3.05, 3.63) is 48.3 Å². The lowest BCUT2D eigenvalue weighted by Gasteiger charge is -2.29. The van der Waals surface area contributed by atoms with Gasteiger partial charge in [0.2, 0.25) is 0 Å². The number of rotatable bonds is 6. The Morgan fingerprint density at radius 3 is 2.96 bits per heavy atom. The maximum Gasteiger partial charge on any atom is 0.260 e. The van der Waals surface area contributed by atoms with E-state index in [9.17, 15) is 9.90 Å². The fraction of sp³-hybridized carbons (Fsp3) is 0.375. The van der Waals surface area contributed by atoms with E-state index >= 15 is 0 Å². The molecule has 7 nitrogen and oxygen atoms in total. The highest BCUT2D eigenvalue weighted by Crippen LogP contribution is 2.19. The van der Waals surface area contributed by atoms with Gasteiger partial charge in [0.05, 0.1) is 31.7 Å². The van der Waals surface area contributed by atoms with Crippen LogP contribution in [0.1, 0.15) is 29.5 Å². The summed E-state index contributed by atoms with van der Waals surface area (Å²) in [6, 6.07) is 3.33. The summed E-state index contributed by atoms with van der Waals surface area (Å²) in [7, 11) is 1.87. The summed E-state index contributed by atoms with van der Waals surface area (Å²) < 4.78 is 8.88. The third-order valence-corrected chi connectivity index (χ3v) is 4.06. The van der Waals surface area contributed by atoms with Gasteiger partial charge in [-0.2, -0.15) is 5.10 Å². The van der Waals surface area contributed by atoms with Gasteiger partial charge >= 0.3 is 0 Å². The summed E-state index contributed by atoms with van der Waals surface area (Å²) in [5, 5.41) is 13.9. The number of aryl methyl sites for hydroxylation is 1. The molecule has 0 saturated carbocycles. The molecule has 0 unspecified atom stereocenters. The van der Waals surface area contributed by atoms with Gasteiger partial charge in [-0.1, -0.05) is 6.92 Å². The predicted molar refractivity (Wildman–Crippen MR) is 83.9 cm³/mol. The van der Waals surface area contributed by atoms with Gasteiger partial charge in [-0.05, 0) is 18.6 Å². The van der Waals surface area contributed by atoms with E-state index in [-0.39, 0.29) is 18.6 Å². The normalized spacial score (nSPS) is 12.7. The smallest absolute Gasteiger partial charge is 0.260 e. The molecule has 1 atom stereocenters. The highest BCUT2D eigenvalue weighted by molar-refractivity contribution is 6.00. The van der Waals surface area contributed by atoms with Crippen LogP contribution in [0.15, 0.2) is 41.4 Å². The molecule has 0 bridgehead atoms. The molecule has 3 aromatic heterocycles. The largest absolute Gasteiger partial charge is 0.467 e. The van der Waals surface area contributed by atoms with Crippen molar-refractivity contribution in [1.82, 2.24) is 19.1 Å². The van der Waals surface area contributed by atoms with Gasteiger partial charge in [-0.15, -0.1) is 0 Å². The lowest BCUT2D eigenvalue weighted by atomic mass is 10.1. The summed E-state index contributed by atoms with van der Waals surface area (Å²) in [5.74, 6) is 0.514. The quantitative estimate of drug-likeness (QED) is 0.751. The second-order valence-corrected chi connectivity index (χ2v) is 5.49. The highest BCUT2D eigenvalue weighted by Gasteiger charge is 2.27. The molecule has 0 aliphatic carbocycles. The van der Waals surface area contributed by atoms with Gasteiger partial charge in [0.1, 0.15) is 17.0 Å². The van der Waals surface area contributed by atoms with Crippen LogP contribution in [0.3, 0.4) is 0 Å². The first-order chi connectivity index (χ1) is 11.2. The van der Waals surface area contributed by atoms with Crippen molar-refractivity contribution >= 4 is 11.6 Å². The van der Waals surface area contributed by atoms with E-state index in [1.807, 2.05) is 30.8 Å². The molecular weight excluding hydrogens is 296 g/mol. The minimum atomic E-state index is -0.275. The minimum Gasteiger partial charge on any atom is -0.467 e. The Balaban J connectivity index is 1.97. The van der Waals surface area contributed by atoms with Crippen molar-refractivity contribution < 1.29 is 14.3 Å². The van der Waals surface area contributed by atoms with Crippen LogP contribution in [0, 0.1) is 0 Å². The number of imidazole rings is 1. The van der Waals surface area contributed by atoms with Crippen molar-refractivity contribution in [2.75, 3.05) is 6.61 Å². The van der Waals surface area contributed by atoms with E-state index in [2.05, 4.69) is 5.10 Å². The molecule has 3 aromatic rings. The van der Waals surface area contributed by atoms with Gasteiger partial charge in [-0.3, -0.25) is 4.79 Å². The van der Waals surface area contributed by atoms with Crippen molar-refractivity contribution in [1.29, 1.82) is 0 Å². The Hall–Kier alpha value is -2.54. The van der Waals surface area contributed by atoms with E-state index in [1.54, 1.807) is 34.1 Å². The van der Waals surface area contributed by atoms with Crippen LogP contribution in [-0.4, -0.2) is 42.7 Å². The third-order valence-electron chi connectivity index (χ3n) is 4.06. The zero-order valence-electron chi connectivity index (χ0n) is 13.2. The number of carbonyl (C=O) groups is 1. The van der Waals surface area contributed by atoms with E-state index in [1.165, 1.54) is 0 Å². The summed E-state index contributed by atoms with van der Waals surface area (Å²) in [6.45, 7) is 2.16. The van der Waals surface area contributed by atoms with Crippen molar-refractivity contribution in [3.63, 3.8) is 0 Å². The summed E-state index contributed by atoms with van der Waals surface area (Å²) in [4.78, 5) is 14.7. The van der Waals surface area contributed by atoms with Crippen LogP contribution in [0.2, 0.25) is 0 Å². The van der Waals surface area contributed by atoms with Crippen molar-refractivity contribution in [3.8, 4) is 0 Å². The first kappa shape index (κ1) is 15.4. The number of aromatic nitrogens is 3. The molecule has 1 N–H and O–H groups in total. The Kier molecular flexibility index (Phi) is 4.20. The zero-order valence-corrected chi connectivity index (χ0v) is 13.2. The molecule has 1 amide bonds. The van der Waals surface area contributed by atoms with Crippen LogP contribution >= 0.6 is 0 Å². The van der Waals surface area contributed by atoms with Gasteiger partial charge in [0, 0.05) is 19.4 Å². The summed E-state index contributed by atoms with van der Waals surface area (Å²) in [6.07, 6.45) is 7.44. The third kappa shape index (κ3) is 2.75. The molecule has 7 heteroatoms. The molecule has 0 aromatic carbocycles. The standard InChI is InChI=1S/C16H20N4O3/c1-3-12(11-21)19(10-13-5-4-8-23-13)16(22)14-9-17-20-7-6-18(2)15(14)20/h4-9,12,21H,3,10-11H2,1-2H3/t12-/m1/s1. The molecule has 3 rings (SSSR count). The second kappa shape index (κ2) is 6.29. The molecule has 0 aliphatic heterocycles. The average Bonchev–Trinajstić information content (AvgIpc) is 3.26. The van der Waals surface area contributed by atoms with Crippen molar-refractivity contribution in [2.45, 2.75) is 25.9 Å². The molecule has 23 heavy (non-hydrogen) atoms. The SMILES string of the molecule is CC[C@H](CO)N(Cc1ccco1)C(=O)c1cnn2ccn(C)c12. The number of furan rings is 1. The molecule has 0 saturated heterocycles. The topological polar surface area (TPSA) is 75.9 Å². The Labute approximate surface area is 133 Å². The van der Waals surface area contributed by atoms with Crippen LogP contribution < -0.4 is 0 Å². The zero-order chi connectivity index (χ0) is 16.4. The number of amides is 1. The van der Waals surface area contributed by atoms with E-state index in [0.717, 1.165) is 5.65 Å². The number of aliphatic hydroxyl groups is 1. The monoisotopic (exact) mass is 316 g/mol. The van der Waals surface area contributed by atoms with Crippen LogP contribution in [0.5, 0.6) is 0 Å². The maximum atomic E-state index is 13.1. The fourth-order valence-corrected chi connectivity index (χ4v) is 2.74. The molecule has 122 valence electrons. The Bertz CT molecular complexity index is 784. The van der Waals surface area contributed by atoms with E-state index in [0.29, 0.717) is 24.3 Å². The van der Waals surface area contributed by atoms with E-state index < -0.39 is 0 Å². The van der Waals surface area contributed by atoms with Crippen LogP contribution in [0.4, 0.5) is 0 Å². The number of nitrogens with zero attached hydrogens (tertiary/aromatic N) is 4. The molecular formula is C16H20N4O3. The maximum absolute atomic E-state index is 13.1. The van der Waals surface area contributed by atoms with Gasteiger partial charge in [0.25, 0.3) is 5.91 Å². The number of hydrogen-bond acceptors (Lipinski definition) is 4. The minimum absolute atomic E-state index is 0.0967. The molecule has 0 radical (unpaired) electrons. The predicted octanol–water partition coefficient (Wildman–Crippen LogP) is 1.68. The summed E-state index contributed by atoms with van der Waals surface area (Å²) in [5.41, 5.74) is 1.24. The fourth-order valence-electron chi connectivity index (χ4n) is 2.74. The number of fused-ring (bicyclic) bond motifs is 1. The molecule has 0 aliphatic rings. The number of aliphatic hydroxyl groups excluding tert-OH is 1. The number of carbonyl (C=O) groups excluding carboxylic acids is 1. The lowest BCUT2D eigenvalue weighted by Crippen LogP contribution is -2.41. The van der Waals surface area contributed by atoms with Crippen LogP contribution in [-0.2, 0) is 13.6 Å². The van der Waals surface area contributed by atoms with Crippen molar-refractivity contribution in [2.24, 2.45) is 7.05 Å². The second-order valence-electron chi connectivity index (χ2n) is 5.49.